The molecule has 0 bridgehead atoms. The summed E-state index contributed by atoms with van der Waals surface area (Å²) < 4.78 is 13.5. The van der Waals surface area contributed by atoms with Gasteiger partial charge in [0.15, 0.2) is 6.61 Å². The number of rotatable bonds is 3. The van der Waals surface area contributed by atoms with Gasteiger partial charge in [0.1, 0.15) is 5.75 Å². The van der Waals surface area contributed by atoms with Crippen molar-refractivity contribution in [3.63, 3.8) is 0 Å². The molecule has 1 fully saturated rings. The van der Waals surface area contributed by atoms with Crippen LogP contribution < -0.4 is 4.74 Å². The first kappa shape index (κ1) is 15.1. The molecule has 4 rings (SSSR count). The molecule has 1 aromatic carbocycles. The van der Waals surface area contributed by atoms with Crippen LogP contribution in [0, 0.1) is 6.92 Å². The number of carbonyl (C=O) groups excluding carboxylic acids is 1. The largest absolute Gasteiger partial charge is 0.484 e. The Balaban J connectivity index is 1.41. The van der Waals surface area contributed by atoms with Crippen LogP contribution in [0.4, 0.5) is 0 Å². The van der Waals surface area contributed by atoms with Crippen molar-refractivity contribution in [2.24, 2.45) is 0 Å². The van der Waals surface area contributed by atoms with E-state index in [1.165, 1.54) is 0 Å². The lowest BCUT2D eigenvalue weighted by molar-refractivity contribution is -0.140. The Labute approximate surface area is 140 Å². The minimum absolute atomic E-state index is 0.0102. The van der Waals surface area contributed by atoms with Crippen LogP contribution in [-0.2, 0) is 16.1 Å². The number of aryl methyl sites for hydroxylation is 1. The molecule has 126 valence electrons. The summed E-state index contributed by atoms with van der Waals surface area (Å²) in [6, 6.07) is 7.74. The summed E-state index contributed by atoms with van der Waals surface area (Å²) in [5.74, 6) is 0.740. The molecule has 3 heterocycles. The highest BCUT2D eigenvalue weighted by atomic mass is 16.5. The predicted octanol–water partition coefficient (Wildman–Crippen LogP) is 1.34. The molecular formula is C17H20N4O3. The standard InChI is InChI=1S/C17H20N4O3/c1-12-4-2-3-5-15(12)24-11-17(22)20-7-6-16-14(9-20)21-13(10-23-16)8-18-19-21/h2-5,8,14,16H,6-7,9-11H2,1H3/t14-,16-/m1/s1. The molecule has 2 atom stereocenters. The molecule has 2 aromatic rings. The van der Waals surface area contributed by atoms with Crippen molar-refractivity contribution in [1.82, 2.24) is 19.9 Å². The van der Waals surface area contributed by atoms with Crippen molar-refractivity contribution in [2.45, 2.75) is 32.1 Å². The first-order valence-corrected chi connectivity index (χ1v) is 8.19. The number of hydrogen-bond acceptors (Lipinski definition) is 5. The maximum atomic E-state index is 12.5. The smallest absolute Gasteiger partial charge is 0.260 e. The van der Waals surface area contributed by atoms with E-state index in [2.05, 4.69) is 10.3 Å². The Morgan fingerprint density at radius 2 is 2.29 bits per heavy atom. The molecule has 24 heavy (non-hydrogen) atoms. The van der Waals surface area contributed by atoms with E-state index in [0.29, 0.717) is 19.7 Å². The Morgan fingerprint density at radius 1 is 1.42 bits per heavy atom. The van der Waals surface area contributed by atoms with Crippen LogP contribution in [0.15, 0.2) is 30.5 Å². The quantitative estimate of drug-likeness (QED) is 0.850. The maximum Gasteiger partial charge on any atom is 0.260 e. The highest BCUT2D eigenvalue weighted by Gasteiger charge is 2.37. The number of nitrogens with zero attached hydrogens (tertiary/aromatic N) is 4. The number of para-hydroxylation sites is 1. The summed E-state index contributed by atoms with van der Waals surface area (Å²) in [6.45, 7) is 3.82. The van der Waals surface area contributed by atoms with Gasteiger partial charge in [0.25, 0.3) is 5.91 Å². The topological polar surface area (TPSA) is 69.5 Å². The highest BCUT2D eigenvalue weighted by molar-refractivity contribution is 5.78. The number of ether oxygens (including phenoxy) is 2. The number of fused-ring (bicyclic) bond motifs is 3. The fourth-order valence-corrected chi connectivity index (χ4v) is 3.35. The van der Waals surface area contributed by atoms with E-state index in [9.17, 15) is 4.79 Å². The van der Waals surface area contributed by atoms with Crippen molar-refractivity contribution >= 4 is 5.91 Å². The number of benzene rings is 1. The molecule has 0 N–H and O–H groups in total. The molecule has 1 amide bonds. The predicted molar refractivity (Wildman–Crippen MR) is 85.5 cm³/mol. The van der Waals surface area contributed by atoms with E-state index < -0.39 is 0 Å². The first-order valence-electron chi connectivity index (χ1n) is 8.19. The van der Waals surface area contributed by atoms with Crippen molar-refractivity contribution < 1.29 is 14.3 Å². The van der Waals surface area contributed by atoms with Crippen molar-refractivity contribution in [1.29, 1.82) is 0 Å². The third-order valence-electron chi connectivity index (χ3n) is 4.73. The molecule has 7 heteroatoms. The minimum atomic E-state index is -0.0102. The third kappa shape index (κ3) is 2.75. The van der Waals surface area contributed by atoms with Crippen LogP contribution >= 0.6 is 0 Å². The number of hydrogen-bond donors (Lipinski definition) is 0. The number of carbonyl (C=O) groups is 1. The van der Waals surface area contributed by atoms with Gasteiger partial charge < -0.3 is 14.4 Å². The molecule has 7 nitrogen and oxygen atoms in total. The summed E-state index contributed by atoms with van der Waals surface area (Å²) in [5, 5.41) is 8.11. The minimum Gasteiger partial charge on any atom is -0.484 e. The van der Waals surface area contributed by atoms with Crippen LogP contribution in [0.2, 0.25) is 0 Å². The van der Waals surface area contributed by atoms with Crippen molar-refractivity contribution in [2.75, 3.05) is 19.7 Å². The van der Waals surface area contributed by atoms with Gasteiger partial charge >= 0.3 is 0 Å². The van der Waals surface area contributed by atoms with Gasteiger partial charge in [-0.15, -0.1) is 5.10 Å². The maximum absolute atomic E-state index is 12.5. The van der Waals surface area contributed by atoms with Gasteiger partial charge in [-0.2, -0.15) is 0 Å². The van der Waals surface area contributed by atoms with E-state index in [-0.39, 0.29) is 24.7 Å². The highest BCUT2D eigenvalue weighted by Crippen LogP contribution is 2.30. The van der Waals surface area contributed by atoms with Gasteiger partial charge in [-0.3, -0.25) is 4.79 Å². The summed E-state index contributed by atoms with van der Waals surface area (Å²) in [7, 11) is 0. The number of amides is 1. The molecule has 0 aliphatic carbocycles. The van der Waals surface area contributed by atoms with E-state index >= 15 is 0 Å². The summed E-state index contributed by atoms with van der Waals surface area (Å²) in [5.41, 5.74) is 1.98. The summed E-state index contributed by atoms with van der Waals surface area (Å²) in [6.07, 6.45) is 2.62. The molecule has 0 saturated carbocycles. The Hall–Kier alpha value is -2.41. The number of piperidine rings is 1. The third-order valence-corrected chi connectivity index (χ3v) is 4.73. The fraction of sp³-hybridized carbons (Fsp3) is 0.471. The zero-order valence-corrected chi connectivity index (χ0v) is 13.6. The normalized spacial score (nSPS) is 22.6. The van der Waals surface area contributed by atoms with Crippen LogP contribution in [0.25, 0.3) is 0 Å². The monoisotopic (exact) mass is 328 g/mol. The SMILES string of the molecule is Cc1ccccc1OCC(=O)N1CC[C@H]2OCc3cnnn3[C@@H]2C1. The molecule has 0 unspecified atom stereocenters. The van der Waals surface area contributed by atoms with Gasteiger partial charge in [0.2, 0.25) is 0 Å². The zero-order valence-electron chi connectivity index (χ0n) is 13.6. The van der Waals surface area contributed by atoms with Crippen LogP contribution in [0.3, 0.4) is 0 Å². The average molecular weight is 328 g/mol. The van der Waals surface area contributed by atoms with Gasteiger partial charge in [-0.25, -0.2) is 4.68 Å². The second-order valence-electron chi connectivity index (χ2n) is 6.27. The van der Waals surface area contributed by atoms with Gasteiger partial charge in [0.05, 0.1) is 30.6 Å². The molecule has 1 aromatic heterocycles. The molecule has 0 spiro atoms. The number of likely N-dealkylation sites (tertiary alicyclic amines) is 1. The lowest BCUT2D eigenvalue weighted by Gasteiger charge is -2.40. The second-order valence-corrected chi connectivity index (χ2v) is 6.27. The molecule has 0 radical (unpaired) electrons. The Bertz CT molecular complexity index is 745. The lowest BCUT2D eigenvalue weighted by Crippen LogP contribution is -2.50. The summed E-state index contributed by atoms with van der Waals surface area (Å²) >= 11 is 0. The Kier molecular flexibility index (Phi) is 3.93. The van der Waals surface area contributed by atoms with Gasteiger partial charge in [-0.1, -0.05) is 23.4 Å². The van der Waals surface area contributed by atoms with Crippen LogP contribution in [0.5, 0.6) is 5.75 Å². The molecule has 2 aliphatic heterocycles. The molecule has 1 saturated heterocycles. The van der Waals surface area contributed by atoms with Crippen molar-refractivity contribution in [3.8, 4) is 5.75 Å². The lowest BCUT2D eigenvalue weighted by atomic mass is 10.0. The van der Waals surface area contributed by atoms with Gasteiger partial charge in [0, 0.05) is 13.1 Å². The van der Waals surface area contributed by atoms with Crippen molar-refractivity contribution in [3.05, 3.63) is 41.7 Å². The Morgan fingerprint density at radius 3 is 3.17 bits per heavy atom. The number of aromatic nitrogens is 3. The van der Waals surface area contributed by atoms with E-state index in [1.54, 1.807) is 6.20 Å². The average Bonchev–Trinajstić information content (AvgIpc) is 3.09. The van der Waals surface area contributed by atoms with Crippen LogP contribution in [0.1, 0.15) is 23.7 Å². The molecule has 2 aliphatic rings. The second kappa shape index (κ2) is 6.24. The van der Waals surface area contributed by atoms with E-state index in [0.717, 1.165) is 23.4 Å². The van der Waals surface area contributed by atoms with Crippen LogP contribution in [-0.4, -0.2) is 51.6 Å². The summed E-state index contributed by atoms with van der Waals surface area (Å²) in [4.78, 5) is 14.4. The van der Waals surface area contributed by atoms with E-state index in [1.807, 2.05) is 40.8 Å². The van der Waals surface area contributed by atoms with Gasteiger partial charge in [-0.05, 0) is 25.0 Å². The van der Waals surface area contributed by atoms with E-state index in [4.69, 9.17) is 9.47 Å². The molecular weight excluding hydrogens is 308 g/mol. The zero-order chi connectivity index (χ0) is 16.5. The first-order chi connectivity index (χ1) is 11.7. The fourth-order valence-electron chi connectivity index (χ4n) is 3.35.